The summed E-state index contributed by atoms with van der Waals surface area (Å²) in [6.07, 6.45) is 5.91. The van der Waals surface area contributed by atoms with Crippen molar-refractivity contribution in [3.8, 4) is 0 Å². The molecule has 1 unspecified atom stereocenters. The monoisotopic (exact) mass is 428 g/mol. The van der Waals surface area contributed by atoms with Crippen molar-refractivity contribution in [2.75, 3.05) is 0 Å². The number of piperidine rings is 1. The van der Waals surface area contributed by atoms with Crippen LogP contribution < -0.4 is 5.32 Å². The number of benzene rings is 2. The second-order valence-corrected chi connectivity index (χ2v) is 10.5. The van der Waals surface area contributed by atoms with Crippen LogP contribution in [0.2, 0.25) is 0 Å². The van der Waals surface area contributed by atoms with Gasteiger partial charge in [0.1, 0.15) is 5.82 Å². The van der Waals surface area contributed by atoms with E-state index in [0.717, 1.165) is 37.7 Å². The molecular formula is C23H25FN2O3S. The van der Waals surface area contributed by atoms with Crippen molar-refractivity contribution in [3.63, 3.8) is 0 Å². The van der Waals surface area contributed by atoms with Crippen LogP contribution in [-0.2, 0) is 22.9 Å². The number of halogens is 1. The first-order valence-corrected chi connectivity index (χ1v) is 12.1. The molecule has 2 bridgehead atoms. The van der Waals surface area contributed by atoms with Crippen LogP contribution in [0.3, 0.4) is 0 Å². The quantitative estimate of drug-likeness (QED) is 0.811. The molecule has 0 radical (unpaired) electrons. The Morgan fingerprint density at radius 1 is 0.967 bits per heavy atom. The average Bonchev–Trinajstić information content (AvgIpc) is 3.30. The van der Waals surface area contributed by atoms with Crippen LogP contribution >= 0.6 is 0 Å². The van der Waals surface area contributed by atoms with Gasteiger partial charge >= 0.3 is 0 Å². The largest absolute Gasteiger partial charge is 0.349 e. The Kier molecular flexibility index (Phi) is 4.90. The molecule has 2 aliphatic heterocycles. The first kappa shape index (κ1) is 19.7. The molecule has 158 valence electrons. The summed E-state index contributed by atoms with van der Waals surface area (Å²) in [5.74, 6) is -0.621. The number of nitrogens with one attached hydrogen (secondary N) is 1. The molecule has 0 spiro atoms. The number of aryl methyl sites for hydroxylation is 2. The zero-order chi connectivity index (χ0) is 20.9. The van der Waals surface area contributed by atoms with Crippen molar-refractivity contribution in [2.45, 2.75) is 68.0 Å². The highest BCUT2D eigenvalue weighted by atomic mass is 32.2. The van der Waals surface area contributed by atoms with Crippen molar-refractivity contribution in [1.29, 1.82) is 0 Å². The molecule has 0 aromatic heterocycles. The number of carbonyl (C=O) groups excluding carboxylic acids is 1. The molecule has 2 heterocycles. The van der Waals surface area contributed by atoms with Crippen molar-refractivity contribution in [2.24, 2.45) is 0 Å². The standard InChI is InChI=1S/C23H25FN2O3S/c24-18-7-4-16(5-8-18)23(27)25-19-13-20-9-10-21(14-19)26(20)30(28,29)22-11-6-15-2-1-3-17(15)12-22/h4-8,11-12,19-21H,1-3,9-10,13-14H2,(H,25,27)/t19?,20-,21+. The van der Waals surface area contributed by atoms with Gasteiger partial charge in [-0.1, -0.05) is 6.07 Å². The van der Waals surface area contributed by atoms with Gasteiger partial charge in [-0.15, -0.1) is 0 Å². The number of sulfonamides is 1. The van der Waals surface area contributed by atoms with E-state index in [-0.39, 0.29) is 29.8 Å². The molecule has 5 rings (SSSR count). The lowest BCUT2D eigenvalue weighted by Gasteiger charge is -2.38. The maximum absolute atomic E-state index is 13.4. The van der Waals surface area contributed by atoms with Gasteiger partial charge in [0.05, 0.1) is 4.90 Å². The van der Waals surface area contributed by atoms with Crippen molar-refractivity contribution in [1.82, 2.24) is 9.62 Å². The maximum Gasteiger partial charge on any atom is 0.251 e. The third kappa shape index (κ3) is 3.44. The van der Waals surface area contributed by atoms with E-state index in [1.807, 2.05) is 12.1 Å². The van der Waals surface area contributed by atoms with E-state index >= 15 is 0 Å². The van der Waals surface area contributed by atoms with E-state index in [9.17, 15) is 17.6 Å². The first-order valence-electron chi connectivity index (χ1n) is 10.6. The summed E-state index contributed by atoms with van der Waals surface area (Å²) in [6.45, 7) is 0. The minimum atomic E-state index is -3.55. The molecule has 1 amide bonds. The molecule has 30 heavy (non-hydrogen) atoms. The Balaban J connectivity index is 1.32. The van der Waals surface area contributed by atoms with E-state index in [4.69, 9.17) is 0 Å². The van der Waals surface area contributed by atoms with Gasteiger partial charge in [0, 0.05) is 23.7 Å². The van der Waals surface area contributed by atoms with Crippen molar-refractivity contribution >= 4 is 15.9 Å². The Morgan fingerprint density at radius 3 is 2.33 bits per heavy atom. The molecule has 2 aromatic rings. The molecule has 7 heteroatoms. The molecule has 1 N–H and O–H groups in total. The van der Waals surface area contributed by atoms with E-state index in [1.54, 1.807) is 10.4 Å². The summed E-state index contributed by atoms with van der Waals surface area (Å²) in [4.78, 5) is 12.9. The predicted molar refractivity (Wildman–Crippen MR) is 111 cm³/mol. The molecule has 2 fully saturated rings. The van der Waals surface area contributed by atoms with Gasteiger partial charge in [-0.25, -0.2) is 12.8 Å². The minimum Gasteiger partial charge on any atom is -0.349 e. The van der Waals surface area contributed by atoms with Crippen LogP contribution in [-0.4, -0.2) is 36.8 Å². The van der Waals surface area contributed by atoms with Crippen molar-refractivity contribution < 1.29 is 17.6 Å². The average molecular weight is 429 g/mol. The lowest BCUT2D eigenvalue weighted by atomic mass is 9.99. The number of hydrogen-bond acceptors (Lipinski definition) is 3. The number of carbonyl (C=O) groups is 1. The van der Waals surface area contributed by atoms with Gasteiger partial charge in [-0.05, 0) is 92.5 Å². The SMILES string of the molecule is O=C(NC1C[C@H]2CC[C@@H](C1)N2S(=O)(=O)c1ccc2c(c1)CCC2)c1ccc(F)cc1. The zero-order valence-electron chi connectivity index (χ0n) is 16.7. The van der Waals surface area contributed by atoms with Crippen molar-refractivity contribution in [3.05, 3.63) is 65.0 Å². The Hall–Kier alpha value is -2.25. The van der Waals surface area contributed by atoms with Gasteiger partial charge in [0.15, 0.2) is 0 Å². The third-order valence-corrected chi connectivity index (χ3v) is 8.75. The molecule has 2 saturated heterocycles. The third-order valence-electron chi connectivity index (χ3n) is 6.75. The Morgan fingerprint density at radius 2 is 1.63 bits per heavy atom. The second kappa shape index (κ2) is 7.46. The topological polar surface area (TPSA) is 66.5 Å². The van der Waals surface area contributed by atoms with Crippen LogP contribution in [0.5, 0.6) is 0 Å². The van der Waals surface area contributed by atoms with E-state index in [1.165, 1.54) is 29.8 Å². The summed E-state index contributed by atoms with van der Waals surface area (Å²) < 4.78 is 41.7. The fourth-order valence-electron chi connectivity index (χ4n) is 5.34. The number of hydrogen-bond donors (Lipinski definition) is 1. The van der Waals surface area contributed by atoms with Crippen LogP contribution in [0.4, 0.5) is 4.39 Å². The molecule has 3 aliphatic rings. The molecule has 1 aliphatic carbocycles. The highest BCUT2D eigenvalue weighted by molar-refractivity contribution is 7.89. The van der Waals surface area contributed by atoms with Crippen LogP contribution in [0, 0.1) is 5.82 Å². The fraction of sp³-hybridized carbons (Fsp3) is 0.435. The van der Waals surface area contributed by atoms with Gasteiger partial charge < -0.3 is 5.32 Å². The molecule has 2 aromatic carbocycles. The normalized spacial score (nSPS) is 25.8. The van der Waals surface area contributed by atoms with Gasteiger partial charge in [-0.2, -0.15) is 4.31 Å². The second-order valence-electron chi connectivity index (χ2n) is 8.65. The van der Waals surface area contributed by atoms with Crippen LogP contribution in [0.25, 0.3) is 0 Å². The smallest absolute Gasteiger partial charge is 0.251 e. The molecular weight excluding hydrogens is 403 g/mol. The minimum absolute atomic E-state index is 0.0773. The lowest BCUT2D eigenvalue weighted by Crippen LogP contribution is -2.52. The lowest BCUT2D eigenvalue weighted by molar-refractivity contribution is 0.0909. The zero-order valence-corrected chi connectivity index (χ0v) is 17.5. The van der Waals surface area contributed by atoms with E-state index in [2.05, 4.69) is 5.32 Å². The number of fused-ring (bicyclic) bond motifs is 3. The number of rotatable bonds is 4. The molecule has 3 atom stereocenters. The summed E-state index contributed by atoms with van der Waals surface area (Å²) in [7, 11) is -3.55. The van der Waals surface area contributed by atoms with Gasteiger partial charge in [0.25, 0.3) is 5.91 Å². The van der Waals surface area contributed by atoms with E-state index < -0.39 is 10.0 Å². The summed E-state index contributed by atoms with van der Waals surface area (Å²) in [6, 6.07) is 10.8. The summed E-state index contributed by atoms with van der Waals surface area (Å²) in [5.41, 5.74) is 2.83. The predicted octanol–water partition coefficient (Wildman–Crippen LogP) is 3.43. The highest BCUT2D eigenvalue weighted by Gasteiger charge is 2.47. The van der Waals surface area contributed by atoms with Gasteiger partial charge in [-0.3, -0.25) is 4.79 Å². The number of amides is 1. The molecule has 5 nitrogen and oxygen atoms in total. The number of nitrogens with zero attached hydrogens (tertiary/aromatic N) is 1. The highest BCUT2D eigenvalue weighted by Crippen LogP contribution is 2.40. The summed E-state index contributed by atoms with van der Waals surface area (Å²) in [5, 5.41) is 3.02. The Bertz CT molecular complexity index is 1070. The fourth-order valence-corrected chi connectivity index (χ4v) is 7.29. The first-order chi connectivity index (χ1) is 14.4. The Labute approximate surface area is 176 Å². The van der Waals surface area contributed by atoms with Crippen LogP contribution in [0.15, 0.2) is 47.4 Å². The van der Waals surface area contributed by atoms with Crippen LogP contribution in [0.1, 0.15) is 53.6 Å². The molecule has 0 saturated carbocycles. The van der Waals surface area contributed by atoms with E-state index in [0.29, 0.717) is 23.3 Å². The summed E-state index contributed by atoms with van der Waals surface area (Å²) >= 11 is 0. The maximum atomic E-state index is 13.4. The van der Waals surface area contributed by atoms with Gasteiger partial charge in [0.2, 0.25) is 10.0 Å².